The smallest absolute Gasteiger partial charge is 0.291 e. The van der Waals surface area contributed by atoms with Crippen LogP contribution in [-0.4, -0.2) is 71.4 Å². The molecule has 2 saturated heterocycles. The molecule has 0 bridgehead atoms. The van der Waals surface area contributed by atoms with Crippen LogP contribution < -0.4 is 14.9 Å². The number of pyridine rings is 1. The molecule has 0 spiro atoms. The Morgan fingerprint density at radius 3 is 2.58 bits per heavy atom. The average Bonchev–Trinajstić information content (AvgIpc) is 3.47. The molecular formula is C21H24F2N8O3S2. The molecule has 0 saturated carbocycles. The average molecular weight is 539 g/mol. The summed E-state index contributed by atoms with van der Waals surface area (Å²) in [6.07, 6.45) is -0.477. The van der Waals surface area contributed by atoms with Crippen molar-refractivity contribution in [3.05, 3.63) is 23.5 Å². The third kappa shape index (κ3) is 4.22. The summed E-state index contributed by atoms with van der Waals surface area (Å²) in [4.78, 5) is 6.34. The highest BCUT2D eigenvalue weighted by Gasteiger charge is 2.49. The molecule has 2 aliphatic heterocycles. The van der Waals surface area contributed by atoms with E-state index < -0.39 is 33.1 Å². The number of ether oxygens (including phenoxy) is 1. The predicted octanol–water partition coefficient (Wildman–Crippen LogP) is 1.94. The lowest BCUT2D eigenvalue weighted by Gasteiger charge is -2.42. The van der Waals surface area contributed by atoms with Gasteiger partial charge in [-0.1, -0.05) is 11.3 Å². The van der Waals surface area contributed by atoms with Gasteiger partial charge >= 0.3 is 0 Å². The number of hydrogen-bond acceptors (Lipinski definition) is 10. The minimum Gasteiger partial charge on any atom is -0.372 e. The molecule has 3 aromatic rings. The van der Waals surface area contributed by atoms with Crippen molar-refractivity contribution in [3.63, 3.8) is 0 Å². The summed E-state index contributed by atoms with van der Waals surface area (Å²) < 4.78 is 62.6. The lowest BCUT2D eigenvalue weighted by molar-refractivity contribution is -0.102. The van der Waals surface area contributed by atoms with Crippen LogP contribution >= 0.6 is 11.3 Å². The van der Waals surface area contributed by atoms with Crippen molar-refractivity contribution in [2.24, 2.45) is 0 Å². The van der Waals surface area contributed by atoms with Crippen molar-refractivity contribution < 1.29 is 21.9 Å². The molecule has 36 heavy (non-hydrogen) atoms. The van der Waals surface area contributed by atoms with Gasteiger partial charge in [-0.3, -0.25) is 4.40 Å². The summed E-state index contributed by atoms with van der Waals surface area (Å²) >= 11 is 0.692. The van der Waals surface area contributed by atoms with Gasteiger partial charge in [0.05, 0.1) is 36.2 Å². The third-order valence-electron chi connectivity index (χ3n) is 6.39. The molecule has 15 heteroatoms. The fraction of sp³-hybridized carbons (Fsp3) is 0.524. The number of aromatic nitrogens is 4. The van der Waals surface area contributed by atoms with E-state index in [2.05, 4.69) is 30.1 Å². The molecule has 5 heterocycles. The Morgan fingerprint density at radius 1 is 1.31 bits per heavy atom. The Hall–Kier alpha value is -2.77. The van der Waals surface area contributed by atoms with Crippen LogP contribution in [0.4, 0.5) is 14.5 Å². The lowest BCUT2D eigenvalue weighted by atomic mass is 9.92. The van der Waals surface area contributed by atoms with Gasteiger partial charge in [0.15, 0.2) is 21.4 Å². The van der Waals surface area contributed by atoms with Crippen molar-refractivity contribution in [1.82, 2.24) is 29.6 Å². The van der Waals surface area contributed by atoms with E-state index in [1.165, 1.54) is 10.6 Å². The number of sulfonamides is 1. The van der Waals surface area contributed by atoms with E-state index in [0.717, 1.165) is 0 Å². The van der Waals surface area contributed by atoms with Crippen molar-refractivity contribution >= 4 is 32.6 Å². The SMILES string of the molecule is CC1OCC1(C#N)NS(=O)(=O)c1cc(N2C[C@H](C)N[C@@H](C)C2)c2cnc(-c3nnc(C(F)F)s3)n2c1. The zero-order valence-corrected chi connectivity index (χ0v) is 21.3. The Bertz CT molecular complexity index is 1440. The second kappa shape index (κ2) is 8.96. The van der Waals surface area contributed by atoms with Gasteiger partial charge in [0.25, 0.3) is 6.43 Å². The fourth-order valence-electron chi connectivity index (χ4n) is 4.52. The van der Waals surface area contributed by atoms with Crippen molar-refractivity contribution in [1.29, 1.82) is 5.26 Å². The van der Waals surface area contributed by atoms with Gasteiger partial charge in [-0.15, -0.1) is 10.2 Å². The molecule has 4 atom stereocenters. The molecule has 2 N–H and O–H groups in total. The predicted molar refractivity (Wildman–Crippen MR) is 127 cm³/mol. The maximum Gasteiger partial charge on any atom is 0.291 e. The number of hydrogen-bond donors (Lipinski definition) is 2. The van der Waals surface area contributed by atoms with Gasteiger partial charge in [0.1, 0.15) is 4.90 Å². The number of rotatable bonds is 6. The van der Waals surface area contributed by atoms with E-state index in [1.807, 2.05) is 19.9 Å². The van der Waals surface area contributed by atoms with E-state index in [-0.39, 0.29) is 34.4 Å². The number of nitrogens with one attached hydrogen (secondary N) is 2. The summed E-state index contributed by atoms with van der Waals surface area (Å²) in [7, 11) is -4.18. The summed E-state index contributed by atoms with van der Waals surface area (Å²) in [5, 5.41) is 20.2. The van der Waals surface area contributed by atoms with Gasteiger partial charge in [0, 0.05) is 31.4 Å². The van der Waals surface area contributed by atoms with Gasteiger partial charge in [-0.2, -0.15) is 9.98 Å². The molecule has 0 radical (unpaired) electrons. The summed E-state index contributed by atoms with van der Waals surface area (Å²) in [6, 6.07) is 3.85. The quantitative estimate of drug-likeness (QED) is 0.482. The van der Waals surface area contributed by atoms with E-state index in [4.69, 9.17) is 4.74 Å². The number of fused-ring (bicyclic) bond motifs is 1. The molecule has 5 rings (SSSR count). The zero-order chi connectivity index (χ0) is 25.8. The first-order valence-electron chi connectivity index (χ1n) is 11.2. The first-order chi connectivity index (χ1) is 17.0. The maximum atomic E-state index is 13.5. The molecule has 192 valence electrons. The highest BCUT2D eigenvalue weighted by molar-refractivity contribution is 7.89. The first kappa shape index (κ1) is 24.9. The van der Waals surface area contributed by atoms with E-state index in [0.29, 0.717) is 35.6 Å². The molecule has 0 amide bonds. The minimum atomic E-state index is -4.18. The third-order valence-corrected chi connectivity index (χ3v) is 8.80. The number of nitriles is 1. The zero-order valence-electron chi connectivity index (χ0n) is 19.6. The number of nitrogens with zero attached hydrogens (tertiary/aromatic N) is 6. The monoisotopic (exact) mass is 538 g/mol. The van der Waals surface area contributed by atoms with Gasteiger partial charge in [0.2, 0.25) is 10.0 Å². The van der Waals surface area contributed by atoms with E-state index >= 15 is 0 Å². The van der Waals surface area contributed by atoms with Crippen molar-refractivity contribution in [2.45, 2.75) is 55.8 Å². The van der Waals surface area contributed by atoms with Crippen LogP contribution in [0.1, 0.15) is 32.2 Å². The second-order valence-corrected chi connectivity index (χ2v) is 11.9. The largest absolute Gasteiger partial charge is 0.372 e. The first-order valence-corrected chi connectivity index (χ1v) is 13.5. The van der Waals surface area contributed by atoms with Crippen LogP contribution in [0.25, 0.3) is 16.3 Å². The Labute approximate surface area is 210 Å². The molecule has 2 fully saturated rings. The Morgan fingerprint density at radius 2 is 2.03 bits per heavy atom. The van der Waals surface area contributed by atoms with Crippen molar-refractivity contribution in [3.8, 4) is 16.9 Å². The van der Waals surface area contributed by atoms with E-state index in [1.54, 1.807) is 19.2 Å². The summed E-state index contributed by atoms with van der Waals surface area (Å²) in [5.74, 6) is 0.194. The highest BCUT2D eigenvalue weighted by Crippen LogP contribution is 2.34. The Balaban J connectivity index is 1.66. The number of anilines is 1. The van der Waals surface area contributed by atoms with Gasteiger partial charge in [-0.05, 0) is 26.8 Å². The van der Waals surface area contributed by atoms with Crippen LogP contribution in [0, 0.1) is 11.3 Å². The van der Waals surface area contributed by atoms with Crippen LogP contribution in [0.2, 0.25) is 0 Å². The molecule has 0 aromatic carbocycles. The summed E-state index contributed by atoms with van der Waals surface area (Å²) in [6.45, 7) is 6.84. The number of imidazole rings is 1. The van der Waals surface area contributed by atoms with Crippen LogP contribution in [0.3, 0.4) is 0 Å². The van der Waals surface area contributed by atoms with Crippen LogP contribution in [0.15, 0.2) is 23.4 Å². The minimum absolute atomic E-state index is 0.0661. The van der Waals surface area contributed by atoms with Gasteiger partial charge < -0.3 is 15.0 Å². The fourth-order valence-corrected chi connectivity index (χ4v) is 6.59. The number of piperazine rings is 1. The maximum absolute atomic E-state index is 13.5. The molecular weight excluding hydrogens is 514 g/mol. The standard InChI is InChI=1S/C21H24F2N8O3S2/c1-11-6-30(7-12(2)26-11)15-4-14(36(32,33)29-21(9-24)10-34-13(21)3)8-31-16(15)5-25-18(31)20-28-27-19(35-20)17(22)23/h4-5,8,11-13,17,26,29H,6-7,10H2,1-3H3/t11-,12-,13?,21?/m0/s1. The van der Waals surface area contributed by atoms with E-state index in [9.17, 15) is 22.5 Å². The van der Waals surface area contributed by atoms with Crippen LogP contribution in [0.5, 0.6) is 0 Å². The van der Waals surface area contributed by atoms with Crippen LogP contribution in [-0.2, 0) is 14.8 Å². The Kier molecular flexibility index (Phi) is 6.20. The lowest BCUT2D eigenvalue weighted by Crippen LogP contribution is -2.66. The molecule has 0 aliphatic carbocycles. The summed E-state index contributed by atoms with van der Waals surface area (Å²) in [5.41, 5.74) is -0.177. The molecule has 2 unspecified atom stereocenters. The number of alkyl halides is 2. The molecule has 2 aliphatic rings. The normalized spacial score (nSPS) is 26.8. The molecule has 3 aromatic heterocycles. The topological polar surface area (TPSA) is 138 Å². The van der Waals surface area contributed by atoms with Gasteiger partial charge in [-0.25, -0.2) is 22.2 Å². The molecule has 11 nitrogen and oxygen atoms in total. The van der Waals surface area contributed by atoms with Crippen molar-refractivity contribution in [2.75, 3.05) is 24.6 Å². The highest BCUT2D eigenvalue weighted by atomic mass is 32.2. The second-order valence-electron chi connectivity index (χ2n) is 9.16. The number of halogens is 2.